The molecule has 0 aliphatic rings. The fourth-order valence-corrected chi connectivity index (χ4v) is 3.04. The minimum Gasteiger partial charge on any atom is -0.351 e. The maximum Gasteiger partial charge on any atom is 0.255 e. The Morgan fingerprint density at radius 2 is 1.74 bits per heavy atom. The van der Waals surface area contributed by atoms with Gasteiger partial charge in [0, 0.05) is 16.1 Å². The van der Waals surface area contributed by atoms with E-state index in [-0.39, 0.29) is 17.9 Å². The number of benzene rings is 2. The van der Waals surface area contributed by atoms with E-state index in [1.165, 1.54) is 6.07 Å². The first-order valence-corrected chi connectivity index (χ1v) is 9.03. The predicted octanol–water partition coefficient (Wildman–Crippen LogP) is 4.14. The quantitative estimate of drug-likeness (QED) is 0.669. The molecule has 0 fully saturated rings. The smallest absolute Gasteiger partial charge is 0.255 e. The van der Waals surface area contributed by atoms with Crippen molar-refractivity contribution in [2.45, 2.75) is 13.0 Å². The summed E-state index contributed by atoms with van der Waals surface area (Å²) in [7, 11) is 0. The van der Waals surface area contributed by atoms with E-state index in [0.717, 1.165) is 22.6 Å². The number of thiophene rings is 1. The number of carbonyl (C=O) groups excluding carboxylic acids is 2. The highest BCUT2D eigenvalue weighted by atomic mass is 32.1. The fourth-order valence-electron chi connectivity index (χ4n) is 2.39. The first-order chi connectivity index (χ1) is 13.0. The second-order valence-corrected chi connectivity index (χ2v) is 6.85. The fraction of sp³-hybridized carbons (Fsp3) is 0.100. The Morgan fingerprint density at radius 3 is 2.41 bits per heavy atom. The molecular weight excluding hydrogens is 370 g/mol. The van der Waals surface area contributed by atoms with Crippen LogP contribution in [0.25, 0.3) is 0 Å². The van der Waals surface area contributed by atoms with Crippen LogP contribution < -0.4 is 10.6 Å². The predicted molar refractivity (Wildman–Crippen MR) is 101 cm³/mol. The van der Waals surface area contributed by atoms with Crippen LogP contribution in [0.4, 0.5) is 14.5 Å². The summed E-state index contributed by atoms with van der Waals surface area (Å²) < 4.78 is 26.1. The highest BCUT2D eigenvalue weighted by Gasteiger charge is 2.10. The largest absolute Gasteiger partial charge is 0.351 e. The Labute approximate surface area is 158 Å². The minimum atomic E-state index is -1.08. The first kappa shape index (κ1) is 18.7. The molecule has 0 atom stereocenters. The number of rotatable bonds is 6. The van der Waals surface area contributed by atoms with Gasteiger partial charge in [0.1, 0.15) is 0 Å². The van der Waals surface area contributed by atoms with E-state index in [0.29, 0.717) is 12.2 Å². The molecule has 4 nitrogen and oxygen atoms in total. The van der Waals surface area contributed by atoms with Crippen molar-refractivity contribution in [1.82, 2.24) is 5.32 Å². The molecule has 1 heterocycles. The summed E-state index contributed by atoms with van der Waals surface area (Å²) in [5, 5.41) is 7.40. The molecular formula is C20H16F2N2O2S. The van der Waals surface area contributed by atoms with Gasteiger partial charge in [0.15, 0.2) is 11.6 Å². The van der Waals surface area contributed by atoms with E-state index in [1.54, 1.807) is 35.6 Å². The third kappa shape index (κ3) is 5.21. The summed E-state index contributed by atoms with van der Waals surface area (Å²) >= 11 is 1.58. The number of halogens is 2. The highest BCUT2D eigenvalue weighted by Crippen LogP contribution is 2.14. The zero-order valence-corrected chi connectivity index (χ0v) is 15.0. The zero-order chi connectivity index (χ0) is 19.2. The molecule has 2 amide bonds. The highest BCUT2D eigenvalue weighted by molar-refractivity contribution is 7.09. The Kier molecular flexibility index (Phi) is 5.93. The van der Waals surface area contributed by atoms with Gasteiger partial charge in [0.05, 0.1) is 13.0 Å². The van der Waals surface area contributed by atoms with Gasteiger partial charge in [-0.05, 0) is 47.3 Å². The van der Waals surface area contributed by atoms with Gasteiger partial charge < -0.3 is 10.6 Å². The molecule has 3 aromatic rings. The number of amides is 2. The summed E-state index contributed by atoms with van der Waals surface area (Å²) in [6, 6.07) is 13.6. The van der Waals surface area contributed by atoms with Crippen LogP contribution in [0.2, 0.25) is 0 Å². The van der Waals surface area contributed by atoms with E-state index in [9.17, 15) is 18.4 Å². The van der Waals surface area contributed by atoms with Crippen LogP contribution in [-0.4, -0.2) is 11.8 Å². The molecule has 138 valence electrons. The van der Waals surface area contributed by atoms with Crippen LogP contribution in [0.15, 0.2) is 60.0 Å². The van der Waals surface area contributed by atoms with Gasteiger partial charge in [0.25, 0.3) is 5.91 Å². The number of carbonyl (C=O) groups is 2. The maximum absolute atomic E-state index is 13.2. The van der Waals surface area contributed by atoms with Crippen LogP contribution in [0, 0.1) is 11.6 Å². The molecule has 0 saturated heterocycles. The lowest BCUT2D eigenvalue weighted by Gasteiger charge is -2.08. The molecule has 0 unspecified atom stereocenters. The van der Waals surface area contributed by atoms with Crippen molar-refractivity contribution >= 4 is 28.8 Å². The van der Waals surface area contributed by atoms with Crippen molar-refractivity contribution in [2.24, 2.45) is 0 Å². The summed E-state index contributed by atoms with van der Waals surface area (Å²) in [5.41, 5.74) is 1.31. The SMILES string of the molecule is O=C(Cc1ccc(NC(=O)c2ccc(F)c(F)c2)cc1)NCc1cccs1. The van der Waals surface area contributed by atoms with E-state index in [4.69, 9.17) is 0 Å². The molecule has 2 aromatic carbocycles. The molecule has 0 aliphatic heterocycles. The van der Waals surface area contributed by atoms with Crippen molar-refractivity contribution in [3.63, 3.8) is 0 Å². The molecule has 7 heteroatoms. The van der Waals surface area contributed by atoms with E-state index >= 15 is 0 Å². The van der Waals surface area contributed by atoms with Crippen LogP contribution in [0.5, 0.6) is 0 Å². The van der Waals surface area contributed by atoms with E-state index in [2.05, 4.69) is 10.6 Å². The van der Waals surface area contributed by atoms with Gasteiger partial charge in [-0.1, -0.05) is 18.2 Å². The van der Waals surface area contributed by atoms with Crippen molar-refractivity contribution in [1.29, 1.82) is 0 Å². The average Bonchev–Trinajstić information content (AvgIpc) is 3.17. The van der Waals surface area contributed by atoms with Crippen LogP contribution in [0.3, 0.4) is 0 Å². The molecule has 0 saturated carbocycles. The second kappa shape index (κ2) is 8.55. The van der Waals surface area contributed by atoms with Gasteiger partial charge in [-0.25, -0.2) is 8.78 Å². The van der Waals surface area contributed by atoms with E-state index in [1.807, 2.05) is 17.5 Å². The third-order valence-electron chi connectivity index (χ3n) is 3.80. The minimum absolute atomic E-state index is 0.0194. The first-order valence-electron chi connectivity index (χ1n) is 8.15. The number of nitrogens with one attached hydrogen (secondary N) is 2. The van der Waals surface area contributed by atoms with Gasteiger partial charge in [-0.3, -0.25) is 9.59 Å². The standard InChI is InChI=1S/C20H16F2N2O2S/c21-17-8-5-14(11-18(17)22)20(26)24-15-6-3-13(4-7-15)10-19(25)23-12-16-2-1-9-27-16/h1-9,11H,10,12H2,(H,23,25)(H,24,26). The Bertz CT molecular complexity index is 941. The monoisotopic (exact) mass is 386 g/mol. The topological polar surface area (TPSA) is 58.2 Å². The van der Waals surface area contributed by atoms with Crippen molar-refractivity contribution in [2.75, 3.05) is 5.32 Å². The second-order valence-electron chi connectivity index (χ2n) is 5.81. The van der Waals surface area contributed by atoms with Gasteiger partial charge in [-0.15, -0.1) is 11.3 Å². The Morgan fingerprint density at radius 1 is 0.963 bits per heavy atom. The van der Waals surface area contributed by atoms with Crippen LogP contribution in [-0.2, 0) is 17.8 Å². The molecule has 0 aliphatic carbocycles. The normalized spacial score (nSPS) is 10.4. The molecule has 2 N–H and O–H groups in total. The molecule has 0 bridgehead atoms. The average molecular weight is 386 g/mol. The lowest BCUT2D eigenvalue weighted by molar-refractivity contribution is -0.120. The van der Waals surface area contributed by atoms with Crippen molar-refractivity contribution in [3.05, 3.63) is 87.6 Å². The molecule has 1 aromatic heterocycles. The van der Waals surface area contributed by atoms with Gasteiger partial charge in [0.2, 0.25) is 5.91 Å². The van der Waals surface area contributed by atoms with Gasteiger partial charge in [-0.2, -0.15) is 0 Å². The van der Waals surface area contributed by atoms with Crippen LogP contribution in [0.1, 0.15) is 20.8 Å². The van der Waals surface area contributed by atoms with Crippen molar-refractivity contribution < 1.29 is 18.4 Å². The molecule has 27 heavy (non-hydrogen) atoms. The van der Waals surface area contributed by atoms with E-state index < -0.39 is 17.5 Å². The number of anilines is 1. The van der Waals surface area contributed by atoms with Gasteiger partial charge >= 0.3 is 0 Å². The molecule has 0 radical (unpaired) electrons. The maximum atomic E-state index is 13.2. The Balaban J connectivity index is 1.54. The number of hydrogen-bond acceptors (Lipinski definition) is 3. The summed E-state index contributed by atoms with van der Waals surface area (Å²) in [4.78, 5) is 25.1. The summed E-state index contributed by atoms with van der Waals surface area (Å²) in [6.45, 7) is 0.499. The summed E-state index contributed by atoms with van der Waals surface area (Å²) in [6.07, 6.45) is 0.225. The zero-order valence-electron chi connectivity index (χ0n) is 14.2. The van der Waals surface area contributed by atoms with Crippen molar-refractivity contribution in [3.8, 4) is 0 Å². The molecule has 0 spiro atoms. The third-order valence-corrected chi connectivity index (χ3v) is 4.67. The van der Waals surface area contributed by atoms with Crippen LogP contribution >= 0.6 is 11.3 Å². The lowest BCUT2D eigenvalue weighted by atomic mass is 10.1. The number of hydrogen-bond donors (Lipinski definition) is 2. The molecule has 3 rings (SSSR count). The summed E-state index contributed by atoms with van der Waals surface area (Å²) in [5.74, 6) is -2.72. The lowest BCUT2D eigenvalue weighted by Crippen LogP contribution is -2.24. The Hall–Kier alpha value is -3.06.